The van der Waals surface area contributed by atoms with Crippen LogP contribution in [0.2, 0.25) is 0 Å². The monoisotopic (exact) mass is 267 g/mol. The molecule has 0 aliphatic rings. The van der Waals surface area contributed by atoms with Crippen LogP contribution in [-0.2, 0) is 11.3 Å². The molecule has 0 unspecified atom stereocenters. The summed E-state index contributed by atoms with van der Waals surface area (Å²) in [4.78, 5) is 12.0. The summed E-state index contributed by atoms with van der Waals surface area (Å²) in [6.45, 7) is 6.96. The molecular formula is C14H25N3O2. The molecule has 5 nitrogen and oxygen atoms in total. The first-order valence-corrected chi connectivity index (χ1v) is 7.11. The molecule has 19 heavy (non-hydrogen) atoms. The second kappa shape index (κ2) is 7.81. The molecule has 0 bridgehead atoms. The van der Waals surface area contributed by atoms with E-state index in [1.807, 2.05) is 6.92 Å². The van der Waals surface area contributed by atoms with Crippen LogP contribution in [0.1, 0.15) is 62.1 Å². The third-order valence-electron chi connectivity index (χ3n) is 3.15. The number of hydrogen-bond donors (Lipinski definition) is 1. The van der Waals surface area contributed by atoms with E-state index in [1.165, 1.54) is 19.3 Å². The number of unbranched alkanes of at least 4 members (excludes halogenated alkanes) is 4. The molecule has 0 radical (unpaired) electrons. The smallest absolute Gasteiger partial charge is 0.358 e. The van der Waals surface area contributed by atoms with Crippen LogP contribution in [0, 0.1) is 6.92 Å². The standard InChI is InChI=1S/C14H25N3O2/c1-4-6-7-8-9-10-19-14(18)13-12(15)11(3)16-17(13)5-2/h4-10,15H2,1-3H3. The largest absolute Gasteiger partial charge is 0.461 e. The van der Waals surface area contributed by atoms with Crippen LogP contribution in [-0.4, -0.2) is 22.4 Å². The minimum atomic E-state index is -0.365. The average molecular weight is 267 g/mol. The molecule has 0 aliphatic carbocycles. The highest BCUT2D eigenvalue weighted by Crippen LogP contribution is 2.17. The summed E-state index contributed by atoms with van der Waals surface area (Å²) in [6.07, 6.45) is 5.66. The Balaban J connectivity index is 2.45. The maximum Gasteiger partial charge on any atom is 0.358 e. The fraction of sp³-hybridized carbons (Fsp3) is 0.714. The van der Waals surface area contributed by atoms with E-state index in [-0.39, 0.29) is 5.97 Å². The molecule has 0 aromatic carbocycles. The topological polar surface area (TPSA) is 70.1 Å². The highest BCUT2D eigenvalue weighted by Gasteiger charge is 2.20. The Kier molecular flexibility index (Phi) is 6.39. The molecule has 1 aromatic heterocycles. The third-order valence-corrected chi connectivity index (χ3v) is 3.15. The first kappa shape index (κ1) is 15.5. The molecule has 2 N–H and O–H groups in total. The maximum atomic E-state index is 12.0. The number of nitrogens with zero attached hydrogens (tertiary/aromatic N) is 2. The molecule has 0 atom stereocenters. The van der Waals surface area contributed by atoms with E-state index < -0.39 is 0 Å². The minimum absolute atomic E-state index is 0.365. The molecular weight excluding hydrogens is 242 g/mol. The van der Waals surface area contributed by atoms with Crippen molar-refractivity contribution in [3.8, 4) is 0 Å². The minimum Gasteiger partial charge on any atom is -0.461 e. The van der Waals surface area contributed by atoms with E-state index in [9.17, 15) is 4.79 Å². The van der Waals surface area contributed by atoms with Crippen LogP contribution >= 0.6 is 0 Å². The summed E-state index contributed by atoms with van der Waals surface area (Å²) >= 11 is 0. The van der Waals surface area contributed by atoms with E-state index in [4.69, 9.17) is 10.5 Å². The lowest BCUT2D eigenvalue weighted by Gasteiger charge is -2.07. The number of esters is 1. The van der Waals surface area contributed by atoms with Crippen molar-refractivity contribution in [1.29, 1.82) is 0 Å². The molecule has 0 aliphatic heterocycles. The Morgan fingerprint density at radius 3 is 2.58 bits per heavy atom. The Hall–Kier alpha value is -1.52. The van der Waals surface area contributed by atoms with E-state index in [0.717, 1.165) is 12.8 Å². The highest BCUT2D eigenvalue weighted by molar-refractivity contribution is 5.93. The molecule has 0 saturated carbocycles. The molecule has 0 spiro atoms. The first-order chi connectivity index (χ1) is 9.11. The normalized spacial score (nSPS) is 10.7. The van der Waals surface area contributed by atoms with Crippen molar-refractivity contribution in [3.05, 3.63) is 11.4 Å². The van der Waals surface area contributed by atoms with E-state index in [0.29, 0.717) is 30.2 Å². The van der Waals surface area contributed by atoms with Gasteiger partial charge in [-0.05, 0) is 20.3 Å². The number of nitrogen functional groups attached to an aromatic ring is 1. The van der Waals surface area contributed by atoms with Crippen molar-refractivity contribution in [1.82, 2.24) is 9.78 Å². The van der Waals surface area contributed by atoms with Gasteiger partial charge in [0.25, 0.3) is 0 Å². The average Bonchev–Trinajstić information content (AvgIpc) is 2.69. The van der Waals surface area contributed by atoms with Gasteiger partial charge in [0.15, 0.2) is 5.69 Å². The molecule has 0 fully saturated rings. The van der Waals surface area contributed by atoms with Gasteiger partial charge in [0, 0.05) is 6.54 Å². The fourth-order valence-electron chi connectivity index (χ4n) is 1.98. The van der Waals surface area contributed by atoms with Gasteiger partial charge in [0.05, 0.1) is 18.0 Å². The first-order valence-electron chi connectivity index (χ1n) is 7.11. The van der Waals surface area contributed by atoms with Crippen LogP contribution in [0.3, 0.4) is 0 Å². The predicted octanol–water partition coefficient (Wildman–Crippen LogP) is 2.92. The van der Waals surface area contributed by atoms with Gasteiger partial charge in [-0.15, -0.1) is 0 Å². The number of ether oxygens (including phenoxy) is 1. The molecule has 0 saturated heterocycles. The van der Waals surface area contributed by atoms with Crippen LogP contribution in [0.4, 0.5) is 5.69 Å². The van der Waals surface area contributed by atoms with Crippen molar-refractivity contribution < 1.29 is 9.53 Å². The number of hydrogen-bond acceptors (Lipinski definition) is 4. The maximum absolute atomic E-state index is 12.0. The molecule has 1 heterocycles. The molecule has 5 heteroatoms. The number of carbonyl (C=O) groups excluding carboxylic acids is 1. The lowest BCUT2D eigenvalue weighted by atomic mass is 10.2. The molecule has 108 valence electrons. The Morgan fingerprint density at radius 2 is 1.95 bits per heavy atom. The molecule has 1 rings (SSSR count). The van der Waals surface area contributed by atoms with E-state index in [1.54, 1.807) is 11.6 Å². The highest BCUT2D eigenvalue weighted by atomic mass is 16.5. The zero-order valence-corrected chi connectivity index (χ0v) is 12.2. The Bertz CT molecular complexity index is 413. The predicted molar refractivity (Wildman–Crippen MR) is 76.1 cm³/mol. The van der Waals surface area contributed by atoms with Gasteiger partial charge in [-0.25, -0.2) is 4.79 Å². The van der Waals surface area contributed by atoms with E-state index in [2.05, 4.69) is 12.0 Å². The second-order valence-electron chi connectivity index (χ2n) is 4.71. The number of aromatic nitrogens is 2. The zero-order valence-electron chi connectivity index (χ0n) is 12.2. The van der Waals surface area contributed by atoms with Crippen molar-refractivity contribution in [2.24, 2.45) is 0 Å². The van der Waals surface area contributed by atoms with E-state index >= 15 is 0 Å². The Labute approximate surface area is 115 Å². The summed E-state index contributed by atoms with van der Waals surface area (Å²) in [5.74, 6) is -0.365. The number of nitrogens with two attached hydrogens (primary N) is 1. The number of anilines is 1. The number of carbonyl (C=O) groups is 1. The summed E-state index contributed by atoms with van der Waals surface area (Å²) < 4.78 is 6.87. The van der Waals surface area contributed by atoms with Crippen LogP contribution in [0.25, 0.3) is 0 Å². The quantitative estimate of drug-likeness (QED) is 0.580. The van der Waals surface area contributed by atoms with Gasteiger partial charge in [-0.2, -0.15) is 5.10 Å². The van der Waals surface area contributed by atoms with Gasteiger partial charge in [0.2, 0.25) is 0 Å². The summed E-state index contributed by atoms with van der Waals surface area (Å²) in [6, 6.07) is 0. The van der Waals surface area contributed by atoms with Gasteiger partial charge in [-0.1, -0.05) is 32.6 Å². The van der Waals surface area contributed by atoms with Gasteiger partial charge < -0.3 is 10.5 Å². The van der Waals surface area contributed by atoms with Gasteiger partial charge in [-0.3, -0.25) is 4.68 Å². The molecule has 1 aromatic rings. The van der Waals surface area contributed by atoms with Crippen molar-refractivity contribution in [3.63, 3.8) is 0 Å². The van der Waals surface area contributed by atoms with Crippen LogP contribution in [0.15, 0.2) is 0 Å². The Morgan fingerprint density at radius 1 is 1.26 bits per heavy atom. The summed E-state index contributed by atoms with van der Waals surface area (Å²) in [5, 5.41) is 4.21. The lowest BCUT2D eigenvalue weighted by molar-refractivity contribution is 0.0485. The lowest BCUT2D eigenvalue weighted by Crippen LogP contribution is -2.14. The van der Waals surface area contributed by atoms with Gasteiger partial charge in [0.1, 0.15) is 0 Å². The third kappa shape index (κ3) is 4.26. The second-order valence-corrected chi connectivity index (χ2v) is 4.71. The molecule has 0 amide bonds. The zero-order chi connectivity index (χ0) is 14.3. The van der Waals surface area contributed by atoms with Crippen molar-refractivity contribution in [2.45, 2.75) is 59.4 Å². The summed E-state index contributed by atoms with van der Waals surface area (Å²) in [7, 11) is 0. The fourth-order valence-corrected chi connectivity index (χ4v) is 1.98. The van der Waals surface area contributed by atoms with Crippen LogP contribution in [0.5, 0.6) is 0 Å². The van der Waals surface area contributed by atoms with Crippen LogP contribution < -0.4 is 5.73 Å². The summed E-state index contributed by atoms with van der Waals surface area (Å²) in [5.41, 5.74) is 7.35. The van der Waals surface area contributed by atoms with Crippen molar-refractivity contribution in [2.75, 3.05) is 12.3 Å². The number of rotatable bonds is 8. The SMILES string of the molecule is CCCCCCCOC(=O)c1c(N)c(C)nn1CC. The van der Waals surface area contributed by atoms with Crippen molar-refractivity contribution >= 4 is 11.7 Å². The van der Waals surface area contributed by atoms with Gasteiger partial charge >= 0.3 is 5.97 Å². The number of aryl methyl sites for hydroxylation is 2.